The number of aryl methyl sites for hydroxylation is 1. The number of carbonyl (C=O) groups excluding carboxylic acids is 1. The highest BCUT2D eigenvalue weighted by atomic mass is 16.3. The zero-order valence-corrected chi connectivity index (χ0v) is 16.5. The molecule has 1 aromatic heterocycles. The van der Waals surface area contributed by atoms with Crippen LogP contribution in [0.25, 0.3) is 21.7 Å². The molecule has 4 nitrogen and oxygen atoms in total. The number of hydrogen-bond acceptors (Lipinski definition) is 3. The zero-order valence-electron chi connectivity index (χ0n) is 16.5. The number of nitrogens with zero attached hydrogens (tertiary/aromatic N) is 1. The highest BCUT2D eigenvalue weighted by Crippen LogP contribution is 2.31. The fourth-order valence-electron chi connectivity index (χ4n) is 3.65. The molecule has 0 atom stereocenters. The van der Waals surface area contributed by atoms with Crippen LogP contribution >= 0.6 is 0 Å². The Morgan fingerprint density at radius 2 is 1.64 bits per heavy atom. The molecule has 0 spiro atoms. The van der Waals surface area contributed by atoms with Gasteiger partial charge in [0.15, 0.2) is 5.76 Å². The number of nitrogens with one attached hydrogen (secondary N) is 1. The lowest BCUT2D eigenvalue weighted by molar-refractivity contribution is 0.0924. The van der Waals surface area contributed by atoms with Gasteiger partial charge in [0.1, 0.15) is 5.58 Å². The third kappa shape index (κ3) is 3.39. The van der Waals surface area contributed by atoms with E-state index in [4.69, 9.17) is 4.42 Å². The smallest absolute Gasteiger partial charge is 0.287 e. The van der Waals surface area contributed by atoms with Gasteiger partial charge in [-0.3, -0.25) is 4.79 Å². The molecule has 4 rings (SSSR count). The predicted octanol–water partition coefficient (Wildman–Crippen LogP) is 4.89. The van der Waals surface area contributed by atoms with Gasteiger partial charge in [-0.2, -0.15) is 0 Å². The fraction of sp³-hybridized carbons (Fsp3) is 0.208. The lowest BCUT2D eigenvalue weighted by Crippen LogP contribution is -2.24. The van der Waals surface area contributed by atoms with Crippen molar-refractivity contribution >= 4 is 27.6 Å². The van der Waals surface area contributed by atoms with E-state index in [1.807, 2.05) is 63.5 Å². The first kappa shape index (κ1) is 18.3. The molecular weight excluding hydrogens is 348 g/mol. The summed E-state index contributed by atoms with van der Waals surface area (Å²) < 4.78 is 6.04. The molecule has 1 amide bonds. The van der Waals surface area contributed by atoms with Gasteiger partial charge in [0.2, 0.25) is 0 Å². The number of benzene rings is 3. The van der Waals surface area contributed by atoms with Crippen molar-refractivity contribution in [2.75, 3.05) is 14.1 Å². The van der Waals surface area contributed by atoms with Gasteiger partial charge in [0.05, 0.1) is 0 Å². The van der Waals surface area contributed by atoms with Gasteiger partial charge in [0.25, 0.3) is 5.91 Å². The number of rotatable bonds is 5. The molecule has 1 heterocycles. The largest absolute Gasteiger partial charge is 0.450 e. The number of fused-ring (bicyclic) bond motifs is 3. The summed E-state index contributed by atoms with van der Waals surface area (Å²) in [4.78, 5) is 15.0. The van der Waals surface area contributed by atoms with Crippen molar-refractivity contribution in [3.8, 4) is 0 Å². The van der Waals surface area contributed by atoms with Crippen LogP contribution in [0.1, 0.15) is 27.2 Å². The second-order valence-corrected chi connectivity index (χ2v) is 7.41. The maximum atomic E-state index is 12.9. The maximum absolute atomic E-state index is 12.9. The first-order valence-corrected chi connectivity index (χ1v) is 9.45. The molecule has 0 aliphatic rings. The highest BCUT2D eigenvalue weighted by molar-refractivity contribution is 6.08. The van der Waals surface area contributed by atoms with Gasteiger partial charge < -0.3 is 14.6 Å². The molecule has 0 aliphatic carbocycles. The Morgan fingerprint density at radius 1 is 0.929 bits per heavy atom. The molecule has 1 N–H and O–H groups in total. The minimum atomic E-state index is -0.183. The van der Waals surface area contributed by atoms with Crippen LogP contribution in [0.2, 0.25) is 0 Å². The predicted molar refractivity (Wildman–Crippen MR) is 113 cm³/mol. The molecule has 0 unspecified atom stereocenters. The summed E-state index contributed by atoms with van der Waals surface area (Å²) >= 11 is 0. The Hall–Kier alpha value is -3.11. The summed E-state index contributed by atoms with van der Waals surface area (Å²) in [6, 6.07) is 20.3. The summed E-state index contributed by atoms with van der Waals surface area (Å²) in [5.41, 5.74) is 3.97. The van der Waals surface area contributed by atoms with Crippen molar-refractivity contribution in [1.29, 1.82) is 0 Å². The molecular formula is C24H24N2O2. The topological polar surface area (TPSA) is 45.5 Å². The van der Waals surface area contributed by atoms with Crippen LogP contribution in [-0.2, 0) is 13.1 Å². The second-order valence-electron chi connectivity index (χ2n) is 7.41. The average Bonchev–Trinajstić information content (AvgIpc) is 3.04. The average molecular weight is 372 g/mol. The Balaban J connectivity index is 1.62. The molecule has 0 bridgehead atoms. The number of amides is 1. The molecule has 0 aliphatic heterocycles. The molecule has 0 saturated carbocycles. The fourth-order valence-corrected chi connectivity index (χ4v) is 3.65. The number of carbonyl (C=O) groups is 1. The van der Waals surface area contributed by atoms with Crippen LogP contribution in [0, 0.1) is 6.92 Å². The quantitative estimate of drug-likeness (QED) is 0.543. The van der Waals surface area contributed by atoms with Crippen molar-refractivity contribution in [2.24, 2.45) is 0 Å². The maximum Gasteiger partial charge on any atom is 0.287 e. The van der Waals surface area contributed by atoms with Gasteiger partial charge in [-0.25, -0.2) is 0 Å². The molecule has 4 heteroatoms. The third-order valence-electron chi connectivity index (χ3n) is 5.08. The van der Waals surface area contributed by atoms with Crippen LogP contribution in [0.15, 0.2) is 65.1 Å². The van der Waals surface area contributed by atoms with Crippen molar-refractivity contribution in [2.45, 2.75) is 20.0 Å². The van der Waals surface area contributed by atoms with E-state index in [9.17, 15) is 4.79 Å². The van der Waals surface area contributed by atoms with E-state index in [1.54, 1.807) is 0 Å². The Bertz CT molecular complexity index is 1160. The highest BCUT2D eigenvalue weighted by Gasteiger charge is 2.19. The summed E-state index contributed by atoms with van der Waals surface area (Å²) in [5, 5.41) is 6.14. The van der Waals surface area contributed by atoms with Crippen molar-refractivity contribution in [3.63, 3.8) is 0 Å². The Labute approximate surface area is 164 Å². The molecule has 4 aromatic rings. The molecule has 0 fully saturated rings. The van der Waals surface area contributed by atoms with Crippen LogP contribution in [0.5, 0.6) is 0 Å². The van der Waals surface area contributed by atoms with Crippen LogP contribution < -0.4 is 5.32 Å². The molecule has 3 aromatic carbocycles. The summed E-state index contributed by atoms with van der Waals surface area (Å²) in [7, 11) is 4.08. The third-order valence-corrected chi connectivity index (χ3v) is 5.08. The standard InChI is InChI=1S/C24H24N2O2/c1-16-20-13-12-17-8-6-7-11-21(17)23(20)28-22(16)24(27)25-14-18-9-4-5-10-19(18)15-26(2)3/h4-13H,14-15H2,1-3H3,(H,25,27). The normalized spacial score (nSPS) is 11.4. The van der Waals surface area contributed by atoms with Gasteiger partial charge in [-0.05, 0) is 37.5 Å². The SMILES string of the molecule is Cc1c(C(=O)NCc2ccccc2CN(C)C)oc2c1ccc1ccccc12. The number of furan rings is 1. The molecule has 142 valence electrons. The molecule has 0 radical (unpaired) electrons. The van der Waals surface area contributed by atoms with E-state index in [-0.39, 0.29) is 5.91 Å². The Morgan fingerprint density at radius 3 is 2.43 bits per heavy atom. The van der Waals surface area contributed by atoms with E-state index in [0.29, 0.717) is 12.3 Å². The summed E-state index contributed by atoms with van der Waals surface area (Å²) in [5.74, 6) is 0.203. The van der Waals surface area contributed by atoms with E-state index in [0.717, 1.165) is 39.4 Å². The first-order chi connectivity index (χ1) is 13.5. The Kier molecular flexibility index (Phi) is 4.88. The minimum Gasteiger partial charge on any atom is -0.450 e. The second kappa shape index (κ2) is 7.49. The van der Waals surface area contributed by atoms with Crippen molar-refractivity contribution in [1.82, 2.24) is 10.2 Å². The zero-order chi connectivity index (χ0) is 19.7. The molecule has 0 saturated heterocycles. The van der Waals surface area contributed by atoms with Gasteiger partial charge >= 0.3 is 0 Å². The monoisotopic (exact) mass is 372 g/mol. The summed E-state index contributed by atoms with van der Waals surface area (Å²) in [6.07, 6.45) is 0. The van der Waals surface area contributed by atoms with Crippen LogP contribution in [0.3, 0.4) is 0 Å². The van der Waals surface area contributed by atoms with Gasteiger partial charge in [0, 0.05) is 29.4 Å². The van der Waals surface area contributed by atoms with E-state index in [2.05, 4.69) is 28.4 Å². The van der Waals surface area contributed by atoms with E-state index in [1.165, 1.54) is 5.56 Å². The summed E-state index contributed by atoms with van der Waals surface area (Å²) in [6.45, 7) is 3.25. The molecule has 28 heavy (non-hydrogen) atoms. The van der Waals surface area contributed by atoms with Crippen LogP contribution in [-0.4, -0.2) is 24.9 Å². The van der Waals surface area contributed by atoms with Gasteiger partial charge in [-0.1, -0.05) is 60.7 Å². The number of hydrogen-bond donors (Lipinski definition) is 1. The first-order valence-electron chi connectivity index (χ1n) is 9.45. The van der Waals surface area contributed by atoms with Crippen molar-refractivity contribution in [3.05, 3.63) is 83.1 Å². The van der Waals surface area contributed by atoms with Crippen LogP contribution in [0.4, 0.5) is 0 Å². The lowest BCUT2D eigenvalue weighted by atomic mass is 10.1. The lowest BCUT2D eigenvalue weighted by Gasteiger charge is -2.14. The van der Waals surface area contributed by atoms with Crippen molar-refractivity contribution < 1.29 is 9.21 Å². The van der Waals surface area contributed by atoms with E-state index < -0.39 is 0 Å². The van der Waals surface area contributed by atoms with E-state index >= 15 is 0 Å². The minimum absolute atomic E-state index is 0.183. The van der Waals surface area contributed by atoms with Gasteiger partial charge in [-0.15, -0.1) is 0 Å².